The molecule has 1 aliphatic rings. The van der Waals surface area contributed by atoms with Crippen molar-refractivity contribution in [3.05, 3.63) is 28.2 Å². The molecule has 5 nitrogen and oxygen atoms in total. The molecule has 0 saturated carbocycles. The third kappa shape index (κ3) is 5.04. The van der Waals surface area contributed by atoms with Crippen LogP contribution in [0.4, 0.5) is 5.69 Å². The zero-order valence-electron chi connectivity index (χ0n) is 11.0. The molecule has 1 atom stereocenters. The van der Waals surface area contributed by atoms with E-state index in [1.165, 1.54) is 0 Å². The number of carboxylic acid groups (broad SMARTS) is 1. The average Bonchev–Trinajstić information content (AvgIpc) is 2.81. The molecule has 2 rings (SSSR count). The molecule has 21 heavy (non-hydrogen) atoms. The van der Waals surface area contributed by atoms with Gasteiger partial charge < -0.3 is 10.4 Å². The van der Waals surface area contributed by atoms with Crippen molar-refractivity contribution in [3.63, 3.8) is 0 Å². The molecule has 1 heterocycles. The first kappa shape index (κ1) is 18.0. The summed E-state index contributed by atoms with van der Waals surface area (Å²) in [6.07, 6.45) is 0.574. The first-order valence-corrected chi connectivity index (χ1v) is 6.91. The molecule has 2 N–H and O–H groups in total. The Hall–Kier alpha value is -1.01. The molecule has 1 fully saturated rings. The second-order valence-corrected chi connectivity index (χ2v) is 5.57. The quantitative estimate of drug-likeness (QED) is 0.873. The van der Waals surface area contributed by atoms with Crippen LogP contribution in [0.15, 0.2) is 18.2 Å². The van der Waals surface area contributed by atoms with Gasteiger partial charge in [-0.05, 0) is 31.2 Å². The van der Waals surface area contributed by atoms with E-state index in [-0.39, 0.29) is 30.8 Å². The Morgan fingerprint density at radius 2 is 2.10 bits per heavy atom. The van der Waals surface area contributed by atoms with Gasteiger partial charge in [-0.2, -0.15) is 0 Å². The van der Waals surface area contributed by atoms with E-state index in [0.29, 0.717) is 35.2 Å². The van der Waals surface area contributed by atoms with Gasteiger partial charge in [0.1, 0.15) is 0 Å². The summed E-state index contributed by atoms with van der Waals surface area (Å²) in [6, 6.07) is 4.82. The van der Waals surface area contributed by atoms with E-state index >= 15 is 0 Å². The van der Waals surface area contributed by atoms with E-state index in [2.05, 4.69) is 5.32 Å². The number of likely N-dealkylation sites (tertiary alicyclic amines) is 1. The van der Waals surface area contributed by atoms with Crippen LogP contribution in [-0.4, -0.2) is 41.5 Å². The molecule has 1 aromatic rings. The lowest BCUT2D eigenvalue weighted by Crippen LogP contribution is -2.32. The first-order valence-electron chi connectivity index (χ1n) is 6.16. The fourth-order valence-corrected chi connectivity index (χ4v) is 2.62. The van der Waals surface area contributed by atoms with E-state index in [9.17, 15) is 9.59 Å². The predicted octanol–water partition coefficient (Wildman–Crippen LogP) is 2.76. The molecular weight excluding hydrogens is 339 g/mol. The standard InChI is InChI=1S/C13H14Cl2N2O3.ClH/c14-9-1-2-11(10(15)5-9)16-12(18)7-17-4-3-8(6-17)13(19)20;/h1-2,5,8H,3-4,6-7H2,(H,16,18)(H,19,20);1H. The molecular formula is C13H15Cl3N2O3. The third-order valence-corrected chi connectivity index (χ3v) is 3.74. The van der Waals surface area contributed by atoms with Crippen molar-refractivity contribution in [3.8, 4) is 0 Å². The SMILES string of the molecule is Cl.O=C(CN1CCC(C(=O)O)C1)Nc1ccc(Cl)cc1Cl. The van der Waals surface area contributed by atoms with Crippen molar-refractivity contribution in [1.82, 2.24) is 4.90 Å². The minimum absolute atomic E-state index is 0. The molecule has 0 radical (unpaired) electrons. The van der Waals surface area contributed by atoms with Crippen molar-refractivity contribution < 1.29 is 14.7 Å². The van der Waals surface area contributed by atoms with Crippen LogP contribution in [0.3, 0.4) is 0 Å². The normalized spacial score (nSPS) is 18.1. The highest BCUT2D eigenvalue weighted by Crippen LogP contribution is 2.25. The highest BCUT2D eigenvalue weighted by molar-refractivity contribution is 6.36. The van der Waals surface area contributed by atoms with Crippen LogP contribution >= 0.6 is 35.6 Å². The first-order chi connectivity index (χ1) is 9.45. The summed E-state index contributed by atoms with van der Waals surface area (Å²) < 4.78 is 0. The number of carbonyl (C=O) groups is 2. The molecule has 1 aromatic carbocycles. The Kier molecular flexibility index (Phi) is 6.74. The van der Waals surface area contributed by atoms with Crippen molar-refractivity contribution in [2.45, 2.75) is 6.42 Å². The van der Waals surface area contributed by atoms with Crippen LogP contribution in [-0.2, 0) is 9.59 Å². The molecule has 116 valence electrons. The molecule has 1 aliphatic heterocycles. The van der Waals surface area contributed by atoms with Gasteiger partial charge in [-0.1, -0.05) is 23.2 Å². The number of hydrogen-bond acceptors (Lipinski definition) is 3. The summed E-state index contributed by atoms with van der Waals surface area (Å²) in [5.41, 5.74) is 0.495. The Labute approximate surface area is 138 Å². The number of rotatable bonds is 4. The lowest BCUT2D eigenvalue weighted by molar-refractivity contribution is -0.141. The monoisotopic (exact) mass is 352 g/mol. The maximum Gasteiger partial charge on any atom is 0.307 e. The number of nitrogens with one attached hydrogen (secondary N) is 1. The van der Waals surface area contributed by atoms with Crippen LogP contribution in [0, 0.1) is 5.92 Å². The Morgan fingerprint density at radius 1 is 1.38 bits per heavy atom. The van der Waals surface area contributed by atoms with Gasteiger partial charge in [0.05, 0.1) is 23.2 Å². The van der Waals surface area contributed by atoms with E-state index < -0.39 is 5.97 Å². The zero-order chi connectivity index (χ0) is 14.7. The minimum atomic E-state index is -0.811. The second kappa shape index (κ2) is 7.84. The molecule has 0 bridgehead atoms. The number of nitrogens with zero attached hydrogens (tertiary/aromatic N) is 1. The second-order valence-electron chi connectivity index (χ2n) is 4.73. The minimum Gasteiger partial charge on any atom is -0.481 e. The van der Waals surface area contributed by atoms with E-state index in [1.54, 1.807) is 18.2 Å². The summed E-state index contributed by atoms with van der Waals surface area (Å²) in [5.74, 6) is -1.42. The summed E-state index contributed by atoms with van der Waals surface area (Å²) in [6.45, 7) is 1.17. The van der Waals surface area contributed by atoms with Crippen LogP contribution in [0.25, 0.3) is 0 Å². The molecule has 8 heteroatoms. The van der Waals surface area contributed by atoms with Gasteiger partial charge in [-0.25, -0.2) is 0 Å². The lowest BCUT2D eigenvalue weighted by Gasteiger charge is -2.15. The summed E-state index contributed by atoms with van der Waals surface area (Å²) in [4.78, 5) is 24.6. The Bertz CT molecular complexity index is 539. The number of aliphatic carboxylic acids is 1. The fourth-order valence-electron chi connectivity index (χ4n) is 2.16. The number of benzene rings is 1. The molecule has 0 aliphatic carbocycles. The highest BCUT2D eigenvalue weighted by Gasteiger charge is 2.28. The maximum absolute atomic E-state index is 11.9. The van der Waals surface area contributed by atoms with Crippen molar-refractivity contribution in [2.75, 3.05) is 25.0 Å². The molecule has 1 unspecified atom stereocenters. The summed E-state index contributed by atoms with van der Waals surface area (Å²) in [5, 5.41) is 12.5. The number of amides is 1. The molecule has 0 spiro atoms. The highest BCUT2D eigenvalue weighted by atomic mass is 35.5. The van der Waals surface area contributed by atoms with Gasteiger partial charge in [-0.15, -0.1) is 12.4 Å². The number of anilines is 1. The van der Waals surface area contributed by atoms with E-state index in [1.807, 2.05) is 4.90 Å². The van der Waals surface area contributed by atoms with Gasteiger partial charge >= 0.3 is 5.97 Å². The smallest absolute Gasteiger partial charge is 0.307 e. The summed E-state index contributed by atoms with van der Waals surface area (Å²) in [7, 11) is 0. The lowest BCUT2D eigenvalue weighted by atomic mass is 10.1. The van der Waals surface area contributed by atoms with Crippen LogP contribution in [0.5, 0.6) is 0 Å². The van der Waals surface area contributed by atoms with Gasteiger partial charge in [0.15, 0.2) is 0 Å². The van der Waals surface area contributed by atoms with Crippen molar-refractivity contribution in [1.29, 1.82) is 0 Å². The number of carboxylic acids is 1. The largest absolute Gasteiger partial charge is 0.481 e. The number of hydrogen-bond donors (Lipinski definition) is 2. The van der Waals surface area contributed by atoms with E-state index in [0.717, 1.165) is 0 Å². The van der Waals surface area contributed by atoms with Crippen LogP contribution in [0.2, 0.25) is 10.0 Å². The van der Waals surface area contributed by atoms with Crippen LogP contribution < -0.4 is 5.32 Å². The Balaban J connectivity index is 0.00000220. The molecule has 0 aromatic heterocycles. The number of carbonyl (C=O) groups excluding carboxylic acids is 1. The molecule has 1 amide bonds. The van der Waals surface area contributed by atoms with Gasteiger partial charge in [0.2, 0.25) is 5.91 Å². The maximum atomic E-state index is 11.9. The van der Waals surface area contributed by atoms with Crippen LogP contribution in [0.1, 0.15) is 6.42 Å². The van der Waals surface area contributed by atoms with Crippen molar-refractivity contribution >= 4 is 53.2 Å². The fraction of sp³-hybridized carbons (Fsp3) is 0.385. The van der Waals surface area contributed by atoms with Gasteiger partial charge in [-0.3, -0.25) is 14.5 Å². The van der Waals surface area contributed by atoms with Crippen molar-refractivity contribution in [2.24, 2.45) is 5.92 Å². The van der Waals surface area contributed by atoms with Gasteiger partial charge in [0.25, 0.3) is 0 Å². The predicted molar refractivity (Wildman–Crippen MR) is 84.5 cm³/mol. The van der Waals surface area contributed by atoms with E-state index in [4.69, 9.17) is 28.3 Å². The average molecular weight is 354 g/mol. The Morgan fingerprint density at radius 3 is 2.67 bits per heavy atom. The van der Waals surface area contributed by atoms with Gasteiger partial charge in [0, 0.05) is 11.6 Å². The zero-order valence-corrected chi connectivity index (χ0v) is 13.3. The topological polar surface area (TPSA) is 69.6 Å². The molecule has 1 saturated heterocycles. The number of halogens is 3. The third-order valence-electron chi connectivity index (χ3n) is 3.19. The summed E-state index contributed by atoms with van der Waals surface area (Å²) >= 11 is 11.7.